The van der Waals surface area contributed by atoms with E-state index in [1.807, 2.05) is 42.8 Å². The maximum absolute atomic E-state index is 12.9. The van der Waals surface area contributed by atoms with E-state index >= 15 is 0 Å². The molecule has 0 saturated carbocycles. The van der Waals surface area contributed by atoms with E-state index in [1.165, 1.54) is 17.3 Å². The Kier molecular flexibility index (Phi) is 6.42. The summed E-state index contributed by atoms with van der Waals surface area (Å²) in [7, 11) is 1.70. The van der Waals surface area contributed by atoms with Crippen molar-refractivity contribution < 1.29 is 9.53 Å². The highest BCUT2D eigenvalue weighted by Gasteiger charge is 2.19. The van der Waals surface area contributed by atoms with E-state index in [1.54, 1.807) is 13.3 Å². The van der Waals surface area contributed by atoms with Crippen molar-refractivity contribution in [1.29, 1.82) is 0 Å². The van der Waals surface area contributed by atoms with E-state index < -0.39 is 0 Å². The van der Waals surface area contributed by atoms with E-state index in [-0.39, 0.29) is 11.8 Å². The number of thioether (sulfide) groups is 1. The lowest BCUT2D eigenvalue weighted by Crippen LogP contribution is -2.14. The Morgan fingerprint density at radius 3 is 2.75 bits per heavy atom. The molecule has 0 spiro atoms. The summed E-state index contributed by atoms with van der Waals surface area (Å²) in [6.07, 6.45) is 3.70. The first-order chi connectivity index (χ1) is 13.4. The first-order valence-electron chi connectivity index (χ1n) is 9.36. The predicted octanol–water partition coefficient (Wildman–Crippen LogP) is 4.78. The van der Waals surface area contributed by atoms with Gasteiger partial charge in [-0.15, -0.1) is 0 Å². The maximum atomic E-state index is 12.9. The molecule has 1 atom stereocenters. The topological polar surface area (TPSA) is 49.1 Å². The van der Waals surface area contributed by atoms with Gasteiger partial charge in [-0.1, -0.05) is 23.9 Å². The molecule has 28 heavy (non-hydrogen) atoms. The Morgan fingerprint density at radius 1 is 1.25 bits per heavy atom. The predicted molar refractivity (Wildman–Crippen MR) is 114 cm³/mol. The summed E-state index contributed by atoms with van der Waals surface area (Å²) in [6, 6.07) is 10.4. The fraction of sp³-hybridized carbons (Fsp3) is 0.364. The van der Waals surface area contributed by atoms with Crippen LogP contribution in [0.5, 0.6) is 0 Å². The Balaban J connectivity index is 1.76. The van der Waals surface area contributed by atoms with Gasteiger partial charge in [-0.25, -0.2) is 4.98 Å². The largest absolute Gasteiger partial charge is 0.383 e. The monoisotopic (exact) mass is 397 g/mol. The molecule has 2 aromatic heterocycles. The highest BCUT2D eigenvalue weighted by molar-refractivity contribution is 7.99. The van der Waals surface area contributed by atoms with Crippen molar-refractivity contribution in [2.45, 2.75) is 38.9 Å². The van der Waals surface area contributed by atoms with Crippen molar-refractivity contribution in [2.24, 2.45) is 0 Å². The normalized spacial score (nSPS) is 12.3. The molecule has 148 valence electrons. The van der Waals surface area contributed by atoms with Crippen LogP contribution in [0.2, 0.25) is 0 Å². The van der Waals surface area contributed by atoms with Crippen LogP contribution in [-0.4, -0.2) is 39.4 Å². The lowest BCUT2D eigenvalue weighted by Gasteiger charge is -2.17. The summed E-state index contributed by atoms with van der Waals surface area (Å²) in [5, 5.41) is 0.820. The molecular weight excluding hydrogens is 370 g/mol. The van der Waals surface area contributed by atoms with Crippen molar-refractivity contribution in [3.63, 3.8) is 0 Å². The number of aromatic nitrogens is 3. The minimum Gasteiger partial charge on any atom is -0.383 e. The van der Waals surface area contributed by atoms with Crippen LogP contribution >= 0.6 is 11.8 Å². The SMILES string of the molecule is COCC(C)n1c(C)cc(C(=O)CSc2nccn2-c2cccc(C)c2)c1C. The van der Waals surface area contributed by atoms with Crippen molar-refractivity contribution in [3.8, 4) is 5.69 Å². The highest BCUT2D eigenvalue weighted by atomic mass is 32.2. The molecule has 3 aromatic rings. The van der Waals surface area contributed by atoms with Gasteiger partial charge in [0, 0.05) is 42.1 Å². The molecule has 0 amide bonds. The molecule has 0 aliphatic heterocycles. The maximum Gasteiger partial charge on any atom is 0.175 e. The molecule has 0 radical (unpaired) electrons. The third-order valence-corrected chi connectivity index (χ3v) is 5.82. The van der Waals surface area contributed by atoms with Crippen molar-refractivity contribution >= 4 is 17.5 Å². The van der Waals surface area contributed by atoms with E-state index in [2.05, 4.69) is 35.5 Å². The van der Waals surface area contributed by atoms with Gasteiger partial charge in [0.2, 0.25) is 0 Å². The van der Waals surface area contributed by atoms with Gasteiger partial charge >= 0.3 is 0 Å². The van der Waals surface area contributed by atoms with Crippen LogP contribution in [-0.2, 0) is 4.74 Å². The Hall–Kier alpha value is -2.31. The van der Waals surface area contributed by atoms with Crippen LogP contribution in [0.1, 0.15) is 40.3 Å². The van der Waals surface area contributed by atoms with Crippen molar-refractivity contribution in [3.05, 3.63) is 65.2 Å². The number of benzene rings is 1. The van der Waals surface area contributed by atoms with Crippen LogP contribution in [0.25, 0.3) is 5.69 Å². The van der Waals surface area contributed by atoms with E-state index in [9.17, 15) is 4.79 Å². The number of rotatable bonds is 8. The number of hydrogen-bond donors (Lipinski definition) is 0. The fourth-order valence-electron chi connectivity index (χ4n) is 3.63. The summed E-state index contributed by atoms with van der Waals surface area (Å²) < 4.78 is 9.48. The summed E-state index contributed by atoms with van der Waals surface area (Å²) in [4.78, 5) is 17.3. The number of methoxy groups -OCH3 is 1. The molecule has 0 aliphatic rings. The number of ketones is 1. The number of imidazole rings is 1. The number of carbonyl (C=O) groups is 1. The molecule has 1 aromatic carbocycles. The minimum atomic E-state index is 0.118. The molecule has 0 aliphatic carbocycles. The number of hydrogen-bond acceptors (Lipinski definition) is 4. The summed E-state index contributed by atoms with van der Waals surface area (Å²) in [5.41, 5.74) is 5.10. The second kappa shape index (κ2) is 8.80. The smallest absolute Gasteiger partial charge is 0.175 e. The molecule has 0 saturated heterocycles. The van der Waals surface area contributed by atoms with Gasteiger partial charge in [-0.3, -0.25) is 9.36 Å². The van der Waals surface area contributed by atoms with Crippen LogP contribution in [0.4, 0.5) is 0 Å². The van der Waals surface area contributed by atoms with E-state index in [0.717, 1.165) is 27.8 Å². The molecule has 0 fully saturated rings. The van der Waals surface area contributed by atoms with Crippen molar-refractivity contribution in [2.75, 3.05) is 19.5 Å². The zero-order valence-corrected chi connectivity index (χ0v) is 17.9. The lowest BCUT2D eigenvalue weighted by molar-refractivity contribution is 0.102. The standard InChI is InChI=1S/C22H27N3O2S/c1-15-7-6-8-19(11-15)24-10-9-23-22(24)28-14-21(26)20-12-16(2)25(18(20)4)17(3)13-27-5/h6-12,17H,13-14H2,1-5H3. The first kappa shape index (κ1) is 20.4. The average Bonchev–Trinajstić information content (AvgIpc) is 3.24. The quantitative estimate of drug-likeness (QED) is 0.405. The van der Waals surface area contributed by atoms with Gasteiger partial charge in [0.1, 0.15) is 0 Å². The molecule has 6 heteroatoms. The highest BCUT2D eigenvalue weighted by Crippen LogP contribution is 2.25. The second-order valence-electron chi connectivity index (χ2n) is 7.09. The summed E-state index contributed by atoms with van der Waals surface area (Å²) >= 11 is 1.47. The van der Waals surface area contributed by atoms with E-state index in [4.69, 9.17) is 4.74 Å². The lowest BCUT2D eigenvalue weighted by atomic mass is 10.2. The third kappa shape index (κ3) is 4.23. The van der Waals surface area contributed by atoms with Crippen LogP contribution in [0.15, 0.2) is 47.9 Å². The van der Waals surface area contributed by atoms with Crippen molar-refractivity contribution in [1.82, 2.24) is 14.1 Å². The second-order valence-corrected chi connectivity index (χ2v) is 8.03. The molecule has 3 rings (SSSR count). The molecule has 5 nitrogen and oxygen atoms in total. The van der Waals surface area contributed by atoms with Gasteiger partial charge in [0.25, 0.3) is 0 Å². The zero-order chi connectivity index (χ0) is 20.3. The number of carbonyl (C=O) groups excluding carboxylic acids is 1. The zero-order valence-electron chi connectivity index (χ0n) is 17.1. The Morgan fingerprint density at radius 2 is 2.04 bits per heavy atom. The van der Waals surface area contributed by atoms with E-state index in [0.29, 0.717) is 12.4 Å². The fourth-order valence-corrected chi connectivity index (χ4v) is 4.49. The molecule has 2 heterocycles. The average molecular weight is 398 g/mol. The summed E-state index contributed by atoms with van der Waals surface area (Å²) in [6.45, 7) is 8.83. The number of aryl methyl sites for hydroxylation is 2. The number of Topliss-reactive ketones (excluding diaryl/α,β-unsaturated/α-hetero) is 1. The Bertz CT molecular complexity index is 974. The number of nitrogens with zero attached hydrogens (tertiary/aromatic N) is 3. The van der Waals surface area contributed by atoms with Crippen LogP contribution in [0, 0.1) is 20.8 Å². The molecule has 1 unspecified atom stereocenters. The molecule has 0 N–H and O–H groups in total. The van der Waals surface area contributed by atoms with Gasteiger partial charge in [-0.2, -0.15) is 0 Å². The summed E-state index contributed by atoms with van der Waals surface area (Å²) in [5.74, 6) is 0.471. The number of ether oxygens (including phenoxy) is 1. The first-order valence-corrected chi connectivity index (χ1v) is 10.3. The molecular formula is C22H27N3O2S. The molecule has 0 bridgehead atoms. The van der Waals surface area contributed by atoms with Crippen LogP contribution in [0.3, 0.4) is 0 Å². The minimum absolute atomic E-state index is 0.118. The van der Waals surface area contributed by atoms with Gasteiger partial charge < -0.3 is 9.30 Å². The van der Waals surface area contributed by atoms with Gasteiger partial charge in [-0.05, 0) is 51.5 Å². The van der Waals surface area contributed by atoms with Crippen LogP contribution < -0.4 is 0 Å². The van der Waals surface area contributed by atoms with Gasteiger partial charge in [0.15, 0.2) is 10.9 Å². The third-order valence-electron chi connectivity index (χ3n) is 4.85. The Labute approximate surface area is 170 Å². The van der Waals surface area contributed by atoms with Gasteiger partial charge in [0.05, 0.1) is 18.4 Å².